The van der Waals surface area contributed by atoms with E-state index in [1.807, 2.05) is 13.0 Å². The van der Waals surface area contributed by atoms with Crippen molar-refractivity contribution < 1.29 is 29.3 Å². The second kappa shape index (κ2) is 17.8. The number of nitrogens with zero attached hydrogens (tertiary/aromatic N) is 1. The van der Waals surface area contributed by atoms with Gasteiger partial charge < -0.3 is 35.9 Å². The van der Waals surface area contributed by atoms with Crippen molar-refractivity contribution in [2.24, 2.45) is 22.4 Å². The first-order valence-electron chi connectivity index (χ1n) is 16.1. The largest absolute Gasteiger partial charge is 0.504 e. The Morgan fingerprint density at radius 1 is 1.14 bits per heavy atom. The van der Waals surface area contributed by atoms with Crippen LogP contribution in [0, 0.1) is 17.8 Å². The third-order valence-electron chi connectivity index (χ3n) is 8.64. The van der Waals surface area contributed by atoms with Gasteiger partial charge in [-0.3, -0.25) is 4.79 Å². The van der Waals surface area contributed by atoms with Crippen molar-refractivity contribution in [2.75, 3.05) is 20.3 Å². The van der Waals surface area contributed by atoms with Crippen LogP contribution in [0.3, 0.4) is 0 Å². The number of aliphatic imine (C=N–C) groups is 1. The van der Waals surface area contributed by atoms with E-state index in [1.54, 1.807) is 20.1 Å². The Kier molecular flexibility index (Phi) is 14.2. The van der Waals surface area contributed by atoms with Crippen molar-refractivity contribution in [1.29, 1.82) is 0 Å². The van der Waals surface area contributed by atoms with Gasteiger partial charge in [0.2, 0.25) is 0 Å². The molecule has 0 heterocycles. The zero-order valence-electron chi connectivity index (χ0n) is 26.7. The maximum Gasteiger partial charge on any atom is 0.186 e. The summed E-state index contributed by atoms with van der Waals surface area (Å²) in [6, 6.07) is 1.63. The molecule has 0 amide bonds. The molecule has 2 aliphatic rings. The Morgan fingerprint density at radius 2 is 1.89 bits per heavy atom. The van der Waals surface area contributed by atoms with Crippen LogP contribution < -0.4 is 16.2 Å². The smallest absolute Gasteiger partial charge is 0.186 e. The highest BCUT2D eigenvalue weighted by Gasteiger charge is 2.33. The van der Waals surface area contributed by atoms with E-state index in [0.717, 1.165) is 37.7 Å². The number of phenols is 1. The molecule has 0 saturated heterocycles. The van der Waals surface area contributed by atoms with Crippen molar-refractivity contribution in [3.8, 4) is 23.3 Å². The number of phenolic OH excluding ortho intramolecular Hbond substituents is 1. The number of hydrogen-bond donors (Lipinski definition) is 4. The van der Waals surface area contributed by atoms with E-state index < -0.39 is 0 Å². The first-order chi connectivity index (χ1) is 21.2. The number of aryl methyl sites for hydroxylation is 1. The first-order valence-corrected chi connectivity index (χ1v) is 16.1. The minimum Gasteiger partial charge on any atom is -0.504 e. The minimum atomic E-state index is -0.256. The quantitative estimate of drug-likeness (QED) is 0.0953. The van der Waals surface area contributed by atoms with E-state index in [-0.39, 0.29) is 60.3 Å². The fourth-order valence-electron chi connectivity index (χ4n) is 6.46. The fraction of sp³-hybridized carbons (Fsp3) is 0.629. The lowest BCUT2D eigenvalue weighted by Crippen LogP contribution is -2.27. The second-order valence-electron chi connectivity index (χ2n) is 12.2. The monoisotopic (exact) mass is 609 g/mol. The van der Waals surface area contributed by atoms with Crippen molar-refractivity contribution in [3.05, 3.63) is 34.4 Å². The van der Waals surface area contributed by atoms with E-state index in [0.29, 0.717) is 74.0 Å². The summed E-state index contributed by atoms with van der Waals surface area (Å²) in [5.74, 6) is 6.73. The summed E-state index contributed by atoms with van der Waals surface area (Å²) in [5, 5.41) is 21.6. The van der Waals surface area contributed by atoms with Gasteiger partial charge in [-0.1, -0.05) is 25.2 Å². The number of hydrogen-bond acceptors (Lipinski definition) is 7. The molecular weight excluding hydrogens is 558 g/mol. The van der Waals surface area contributed by atoms with Gasteiger partial charge >= 0.3 is 0 Å². The van der Waals surface area contributed by atoms with E-state index >= 15 is 0 Å². The number of aliphatic hydroxyl groups is 1. The first kappa shape index (κ1) is 35.1. The zero-order chi connectivity index (χ0) is 32.1. The number of aliphatic hydroxyl groups excluding tert-OH is 1. The molecule has 1 fully saturated rings. The third-order valence-corrected chi connectivity index (χ3v) is 8.64. The lowest BCUT2D eigenvalue weighted by molar-refractivity contribution is -0.117. The molecule has 1 saturated carbocycles. The summed E-state index contributed by atoms with van der Waals surface area (Å²) in [4.78, 5) is 29.7. The predicted molar refractivity (Wildman–Crippen MR) is 173 cm³/mol. The number of methoxy groups -OCH3 is 1. The molecule has 6 N–H and O–H groups in total. The van der Waals surface area contributed by atoms with Crippen LogP contribution in [0.15, 0.2) is 22.7 Å². The highest BCUT2D eigenvalue weighted by molar-refractivity contribution is 5.90. The maximum atomic E-state index is 13.0. The van der Waals surface area contributed by atoms with Crippen LogP contribution in [0.4, 0.5) is 0 Å². The molecule has 0 bridgehead atoms. The average molecular weight is 610 g/mol. The number of carbonyl (C=O) groups excluding carboxylic acids is 2. The molecule has 0 unspecified atom stereocenters. The summed E-state index contributed by atoms with van der Waals surface area (Å²) >= 11 is 0. The summed E-state index contributed by atoms with van der Waals surface area (Å²) in [6.07, 6.45) is 10.3. The van der Waals surface area contributed by atoms with Crippen LogP contribution in [-0.4, -0.2) is 60.2 Å². The standard InChI is InChI=1S/C35H51N3O6/c1-4-8-24(21-39)19-28(41)17-15-25-20-32(44-29-10-5-6-11-29)34(42)33-30(25)12-7-9-27(38-35(36)37)16-14-26(22-43-3)31(33)18-13-23(2)40/h19-20,26-27,29,31,39,42H,4-6,8-11,13-18,21-22H2,1-3H3,(H4,36,37,38)/t26-,27-,31+/m0/s1. The van der Waals surface area contributed by atoms with Crippen molar-refractivity contribution >= 4 is 17.5 Å². The summed E-state index contributed by atoms with van der Waals surface area (Å²) in [5.41, 5.74) is 14.3. The van der Waals surface area contributed by atoms with E-state index in [9.17, 15) is 19.8 Å². The molecule has 9 heteroatoms. The number of fused-ring (bicyclic) bond motifs is 1. The highest BCUT2D eigenvalue weighted by atomic mass is 16.5. The van der Waals surface area contributed by atoms with Gasteiger partial charge in [0.25, 0.3) is 0 Å². The Morgan fingerprint density at radius 3 is 2.52 bits per heavy atom. The second-order valence-corrected chi connectivity index (χ2v) is 12.2. The topological polar surface area (TPSA) is 157 Å². The number of nitrogens with two attached hydrogens (primary N) is 2. The molecule has 0 radical (unpaired) electrons. The molecule has 242 valence electrons. The maximum absolute atomic E-state index is 13.0. The molecule has 44 heavy (non-hydrogen) atoms. The zero-order valence-corrected chi connectivity index (χ0v) is 26.7. The number of guanidine groups is 1. The number of allylic oxidation sites excluding steroid dienone is 1. The third kappa shape index (κ3) is 10.4. The van der Waals surface area contributed by atoms with Crippen LogP contribution in [0.5, 0.6) is 11.5 Å². The summed E-state index contributed by atoms with van der Waals surface area (Å²) in [6.45, 7) is 3.85. The average Bonchev–Trinajstić information content (AvgIpc) is 3.49. The van der Waals surface area contributed by atoms with Crippen molar-refractivity contribution in [1.82, 2.24) is 0 Å². The number of benzene rings is 1. The van der Waals surface area contributed by atoms with Gasteiger partial charge in [0.15, 0.2) is 23.2 Å². The normalized spacial score (nSPS) is 20.7. The van der Waals surface area contributed by atoms with Gasteiger partial charge in [0, 0.05) is 44.1 Å². The Labute approximate surface area is 262 Å². The molecule has 2 aliphatic carbocycles. The molecule has 3 rings (SSSR count). The van der Waals surface area contributed by atoms with Crippen molar-refractivity contribution in [2.45, 2.75) is 115 Å². The van der Waals surface area contributed by atoms with Gasteiger partial charge in [0.05, 0.1) is 18.8 Å². The highest BCUT2D eigenvalue weighted by Crippen LogP contribution is 2.46. The van der Waals surface area contributed by atoms with Crippen LogP contribution in [0.2, 0.25) is 0 Å². The van der Waals surface area contributed by atoms with Crippen LogP contribution in [-0.2, 0) is 20.7 Å². The minimum absolute atomic E-state index is 0.00826. The molecule has 9 nitrogen and oxygen atoms in total. The Hall–Kier alpha value is -3.35. The molecule has 0 aromatic heterocycles. The van der Waals surface area contributed by atoms with Gasteiger partial charge in [-0.15, -0.1) is 0 Å². The van der Waals surface area contributed by atoms with Gasteiger partial charge in [0.1, 0.15) is 5.78 Å². The SMILES string of the molecule is CCCC(=CC(=O)CCc1cc(OC2CCCC2)c(O)c2c1C#CC[C@H](N=C(N)N)CC[C@@H](COC)[C@H]2CCC(C)=O)CO. The van der Waals surface area contributed by atoms with Crippen LogP contribution in [0.1, 0.15) is 114 Å². The number of ether oxygens (including phenoxy) is 2. The lowest BCUT2D eigenvalue weighted by atomic mass is 9.75. The van der Waals surface area contributed by atoms with Crippen molar-refractivity contribution in [3.63, 3.8) is 0 Å². The van der Waals surface area contributed by atoms with Crippen LogP contribution in [0.25, 0.3) is 0 Å². The number of rotatable bonds is 15. The summed E-state index contributed by atoms with van der Waals surface area (Å²) in [7, 11) is 1.65. The number of Topliss-reactive ketones (excluding diaryl/α,β-unsaturated/α-hetero) is 1. The van der Waals surface area contributed by atoms with Gasteiger partial charge in [-0.25, -0.2) is 4.99 Å². The Bertz CT molecular complexity index is 1250. The molecule has 0 aliphatic heterocycles. The van der Waals surface area contributed by atoms with Crippen LogP contribution >= 0.6 is 0 Å². The predicted octanol–water partition coefficient (Wildman–Crippen LogP) is 4.83. The summed E-state index contributed by atoms with van der Waals surface area (Å²) < 4.78 is 12.1. The van der Waals surface area contributed by atoms with E-state index in [2.05, 4.69) is 16.8 Å². The van der Waals surface area contributed by atoms with Gasteiger partial charge in [-0.05, 0) is 99.8 Å². The molecule has 0 spiro atoms. The number of ketones is 2. The fourth-order valence-corrected chi connectivity index (χ4v) is 6.46. The molecule has 3 atom stereocenters. The lowest BCUT2D eigenvalue weighted by Gasteiger charge is -2.31. The molecule has 1 aromatic carbocycles. The van der Waals surface area contributed by atoms with E-state index in [4.69, 9.17) is 20.9 Å². The van der Waals surface area contributed by atoms with Gasteiger partial charge in [-0.2, -0.15) is 0 Å². The molecule has 1 aromatic rings. The molecular formula is C35H51N3O6. The number of aromatic hydroxyl groups is 1. The Balaban J connectivity index is 2.20. The number of carbonyl (C=O) groups is 2. The van der Waals surface area contributed by atoms with E-state index in [1.165, 1.54) is 0 Å².